The Hall–Kier alpha value is -2.03. The van der Waals surface area contributed by atoms with E-state index < -0.39 is 0 Å². The minimum Gasteiger partial charge on any atom is -0.478 e. The summed E-state index contributed by atoms with van der Waals surface area (Å²) in [5, 5.41) is 0. The zero-order chi connectivity index (χ0) is 14.1. The van der Waals surface area contributed by atoms with Crippen LogP contribution in [0, 0.1) is 0 Å². The highest BCUT2D eigenvalue weighted by molar-refractivity contribution is 5.80. The number of nitrogens with two attached hydrogens (primary N) is 1. The van der Waals surface area contributed by atoms with Gasteiger partial charge in [-0.1, -0.05) is 31.2 Å². The van der Waals surface area contributed by atoms with Crippen molar-refractivity contribution in [2.45, 2.75) is 33.1 Å². The minimum absolute atomic E-state index is 0.611. The quantitative estimate of drug-likeness (QED) is 0.928. The molecule has 0 amide bonds. The van der Waals surface area contributed by atoms with Gasteiger partial charge in [0, 0.05) is 11.1 Å². The van der Waals surface area contributed by atoms with Gasteiger partial charge in [0.05, 0.1) is 6.61 Å². The number of nitrogen functional groups attached to an aromatic ring is 1. The first-order valence-electron chi connectivity index (χ1n) is 7.28. The van der Waals surface area contributed by atoms with Crippen molar-refractivity contribution >= 4 is 5.82 Å². The lowest BCUT2D eigenvalue weighted by Crippen LogP contribution is -2.13. The summed E-state index contributed by atoms with van der Waals surface area (Å²) >= 11 is 0. The van der Waals surface area contributed by atoms with Gasteiger partial charge < -0.3 is 10.5 Å². The van der Waals surface area contributed by atoms with Crippen LogP contribution in [0.1, 0.15) is 30.5 Å². The van der Waals surface area contributed by atoms with Crippen molar-refractivity contribution in [3.8, 4) is 17.0 Å². The monoisotopic (exact) mass is 268 g/mol. The molecule has 1 aliphatic carbocycles. The van der Waals surface area contributed by atoms with Crippen LogP contribution in [0.25, 0.3) is 11.1 Å². The highest BCUT2D eigenvalue weighted by atomic mass is 16.5. The van der Waals surface area contributed by atoms with Crippen LogP contribution in [-0.4, -0.2) is 11.6 Å². The molecule has 2 N–H and O–H groups in total. The Kier molecular flexibility index (Phi) is 3.35. The molecule has 0 saturated heterocycles. The van der Waals surface area contributed by atoms with Crippen LogP contribution in [0.15, 0.2) is 24.3 Å². The van der Waals surface area contributed by atoms with Gasteiger partial charge in [0.25, 0.3) is 0 Å². The highest BCUT2D eigenvalue weighted by Crippen LogP contribution is 2.41. The molecule has 3 nitrogen and oxygen atoms in total. The van der Waals surface area contributed by atoms with E-state index in [1.807, 2.05) is 6.92 Å². The highest BCUT2D eigenvalue weighted by Gasteiger charge is 2.24. The van der Waals surface area contributed by atoms with Crippen LogP contribution in [0.4, 0.5) is 5.82 Å². The van der Waals surface area contributed by atoms with E-state index in [0.29, 0.717) is 18.3 Å². The van der Waals surface area contributed by atoms with Crippen LogP contribution in [0.3, 0.4) is 0 Å². The third-order valence-corrected chi connectivity index (χ3v) is 3.96. The minimum atomic E-state index is 0.611. The van der Waals surface area contributed by atoms with Crippen molar-refractivity contribution in [2.24, 2.45) is 0 Å². The van der Waals surface area contributed by atoms with Crippen molar-refractivity contribution in [3.05, 3.63) is 41.0 Å². The lowest BCUT2D eigenvalue weighted by molar-refractivity contribution is 0.324. The molecule has 1 aliphatic rings. The molecule has 2 aromatic rings. The molecule has 0 saturated carbocycles. The number of ether oxygens (including phenoxy) is 1. The number of rotatable bonds is 3. The first-order chi connectivity index (χ1) is 9.76. The van der Waals surface area contributed by atoms with Crippen LogP contribution in [0.2, 0.25) is 0 Å². The number of aryl methyl sites for hydroxylation is 1. The Morgan fingerprint density at radius 3 is 2.75 bits per heavy atom. The SMILES string of the molecule is CCOc1nc(N)c2c(c1CC)-c1ccccc1CC2. The average Bonchev–Trinajstić information content (AvgIpc) is 2.47. The molecule has 0 unspecified atom stereocenters. The maximum Gasteiger partial charge on any atom is 0.219 e. The van der Waals surface area contributed by atoms with Gasteiger partial charge in [-0.25, -0.2) is 0 Å². The van der Waals surface area contributed by atoms with E-state index in [2.05, 4.69) is 36.2 Å². The second kappa shape index (κ2) is 5.16. The van der Waals surface area contributed by atoms with Crippen molar-refractivity contribution in [3.63, 3.8) is 0 Å². The van der Waals surface area contributed by atoms with Gasteiger partial charge in [-0.05, 0) is 42.9 Å². The number of hydrogen-bond donors (Lipinski definition) is 1. The van der Waals surface area contributed by atoms with Crippen molar-refractivity contribution in [1.29, 1.82) is 0 Å². The Morgan fingerprint density at radius 1 is 1.20 bits per heavy atom. The molecular weight excluding hydrogens is 248 g/mol. The van der Waals surface area contributed by atoms with E-state index in [1.165, 1.54) is 27.8 Å². The largest absolute Gasteiger partial charge is 0.478 e. The molecule has 1 heterocycles. The predicted octanol–water partition coefficient (Wildman–Crippen LogP) is 3.39. The van der Waals surface area contributed by atoms with Gasteiger partial charge in [0.2, 0.25) is 5.88 Å². The lowest BCUT2D eigenvalue weighted by Gasteiger charge is -2.25. The van der Waals surface area contributed by atoms with Crippen LogP contribution >= 0.6 is 0 Å². The van der Waals surface area contributed by atoms with Crippen LogP contribution < -0.4 is 10.5 Å². The van der Waals surface area contributed by atoms with Crippen LogP contribution in [0.5, 0.6) is 5.88 Å². The fourth-order valence-electron chi connectivity index (χ4n) is 3.07. The van der Waals surface area contributed by atoms with E-state index in [-0.39, 0.29) is 0 Å². The van der Waals surface area contributed by atoms with E-state index >= 15 is 0 Å². The Balaban J connectivity index is 2.30. The molecule has 3 rings (SSSR count). The molecule has 3 heteroatoms. The summed E-state index contributed by atoms with van der Waals surface area (Å²) in [5.41, 5.74) is 12.5. The number of aromatic nitrogens is 1. The second-order valence-corrected chi connectivity index (χ2v) is 5.08. The van der Waals surface area contributed by atoms with Crippen molar-refractivity contribution in [2.75, 3.05) is 12.3 Å². The molecule has 1 aromatic heterocycles. The average molecular weight is 268 g/mol. The van der Waals surface area contributed by atoms with Crippen molar-refractivity contribution in [1.82, 2.24) is 4.98 Å². The fraction of sp³-hybridized carbons (Fsp3) is 0.353. The Bertz CT molecular complexity index is 650. The summed E-state index contributed by atoms with van der Waals surface area (Å²) in [7, 11) is 0. The Labute approximate surface area is 119 Å². The van der Waals surface area contributed by atoms with Gasteiger partial charge in [-0.2, -0.15) is 4.98 Å². The number of anilines is 1. The van der Waals surface area contributed by atoms with Gasteiger partial charge >= 0.3 is 0 Å². The van der Waals surface area contributed by atoms with Gasteiger partial charge in [-0.15, -0.1) is 0 Å². The molecule has 0 aliphatic heterocycles. The first-order valence-corrected chi connectivity index (χ1v) is 7.28. The van der Waals surface area contributed by atoms with Gasteiger partial charge in [0.15, 0.2) is 0 Å². The fourth-order valence-corrected chi connectivity index (χ4v) is 3.07. The summed E-state index contributed by atoms with van der Waals surface area (Å²) < 4.78 is 5.70. The molecule has 0 spiro atoms. The van der Waals surface area contributed by atoms with E-state index in [4.69, 9.17) is 10.5 Å². The third-order valence-electron chi connectivity index (χ3n) is 3.96. The van der Waals surface area contributed by atoms with E-state index in [0.717, 1.165) is 19.3 Å². The number of hydrogen-bond acceptors (Lipinski definition) is 3. The molecule has 0 fully saturated rings. The molecular formula is C17H20N2O. The number of pyridine rings is 1. The van der Waals surface area contributed by atoms with E-state index in [1.54, 1.807) is 0 Å². The smallest absolute Gasteiger partial charge is 0.219 e. The van der Waals surface area contributed by atoms with Crippen LogP contribution in [-0.2, 0) is 19.3 Å². The van der Waals surface area contributed by atoms with E-state index in [9.17, 15) is 0 Å². The zero-order valence-electron chi connectivity index (χ0n) is 12.1. The summed E-state index contributed by atoms with van der Waals surface area (Å²) in [6, 6.07) is 8.57. The first kappa shape index (κ1) is 13.0. The molecule has 20 heavy (non-hydrogen) atoms. The lowest BCUT2D eigenvalue weighted by atomic mass is 9.83. The normalized spacial score (nSPS) is 12.7. The molecule has 104 valence electrons. The summed E-state index contributed by atoms with van der Waals surface area (Å²) in [6.07, 6.45) is 2.90. The maximum atomic E-state index is 6.16. The molecule has 0 radical (unpaired) electrons. The van der Waals surface area contributed by atoms with Gasteiger partial charge in [-0.3, -0.25) is 0 Å². The standard InChI is InChI=1S/C17H20N2O/c1-3-12-15-13-8-6-5-7-11(13)9-10-14(15)16(18)19-17(12)20-4-2/h5-8H,3-4,9-10H2,1-2H3,(H2,18,19). The Morgan fingerprint density at radius 2 is 2.00 bits per heavy atom. The van der Waals surface area contributed by atoms with Gasteiger partial charge in [0.1, 0.15) is 5.82 Å². The third kappa shape index (κ3) is 1.94. The molecule has 0 bridgehead atoms. The maximum absolute atomic E-state index is 6.16. The summed E-state index contributed by atoms with van der Waals surface area (Å²) in [4.78, 5) is 4.48. The zero-order valence-corrected chi connectivity index (χ0v) is 12.1. The predicted molar refractivity (Wildman–Crippen MR) is 82.0 cm³/mol. The summed E-state index contributed by atoms with van der Waals surface area (Å²) in [6.45, 7) is 4.73. The molecule has 1 aromatic carbocycles. The topological polar surface area (TPSA) is 48.1 Å². The number of fused-ring (bicyclic) bond motifs is 3. The second-order valence-electron chi connectivity index (χ2n) is 5.08. The molecule has 0 atom stereocenters. The van der Waals surface area contributed by atoms with Crippen molar-refractivity contribution < 1.29 is 4.74 Å². The number of nitrogens with zero attached hydrogens (tertiary/aromatic N) is 1. The number of benzene rings is 1. The summed E-state index contributed by atoms with van der Waals surface area (Å²) in [5.74, 6) is 1.32.